The second-order valence-corrected chi connectivity index (χ2v) is 7.94. The second-order valence-electron chi connectivity index (χ2n) is 6.29. The number of carbonyl (C=O) groups is 2. The molecule has 2 heterocycles. The van der Waals surface area contributed by atoms with E-state index in [0.717, 1.165) is 12.3 Å². The van der Waals surface area contributed by atoms with Crippen LogP contribution in [-0.2, 0) is 32.3 Å². The number of ether oxygens (including phenoxy) is 1. The molecule has 1 aromatic heterocycles. The number of fused-ring (bicyclic) bond motifs is 1. The number of hydrogen-bond donors (Lipinski definition) is 2. The lowest BCUT2D eigenvalue weighted by Gasteiger charge is -2.24. The number of nitrogens with one attached hydrogen (secondary N) is 2. The topological polar surface area (TPSA) is 119 Å². The van der Waals surface area contributed by atoms with Crippen molar-refractivity contribution in [1.29, 1.82) is 0 Å². The van der Waals surface area contributed by atoms with E-state index in [1.807, 2.05) is 0 Å². The van der Waals surface area contributed by atoms with Crippen LogP contribution in [0.25, 0.3) is 0 Å². The number of aromatic nitrogens is 2. The van der Waals surface area contributed by atoms with Crippen molar-refractivity contribution >= 4 is 27.5 Å². The molecule has 1 aliphatic heterocycles. The minimum atomic E-state index is -4.68. The van der Waals surface area contributed by atoms with Crippen LogP contribution in [0.15, 0.2) is 29.3 Å². The molecule has 0 radical (unpaired) electrons. The molecule has 13 heteroatoms. The number of halogens is 3. The van der Waals surface area contributed by atoms with Gasteiger partial charge < -0.3 is 10.1 Å². The third-order valence-corrected chi connectivity index (χ3v) is 5.50. The van der Waals surface area contributed by atoms with Gasteiger partial charge in [-0.3, -0.25) is 14.3 Å². The van der Waals surface area contributed by atoms with Gasteiger partial charge in [-0.05, 0) is 31.5 Å². The summed E-state index contributed by atoms with van der Waals surface area (Å²) in [4.78, 5) is 23.4. The second kappa shape index (κ2) is 7.06. The van der Waals surface area contributed by atoms with E-state index in [1.54, 1.807) is 4.72 Å². The van der Waals surface area contributed by atoms with Gasteiger partial charge in [-0.2, -0.15) is 18.3 Å². The molecule has 2 N–H and O–H groups in total. The molecule has 1 unspecified atom stereocenters. The number of carbonyl (C=O) groups excluding carboxylic acids is 2. The molecule has 0 fully saturated rings. The summed E-state index contributed by atoms with van der Waals surface area (Å²) >= 11 is 0. The first-order valence-electron chi connectivity index (χ1n) is 8.15. The van der Waals surface area contributed by atoms with E-state index in [2.05, 4.69) is 10.4 Å². The molecule has 0 saturated carbocycles. The fraction of sp³-hybridized carbons (Fsp3) is 0.312. The monoisotopic (exact) mass is 432 g/mol. The first-order valence-corrected chi connectivity index (χ1v) is 9.63. The zero-order chi connectivity index (χ0) is 21.6. The molecule has 0 bridgehead atoms. The Morgan fingerprint density at radius 1 is 1.38 bits per heavy atom. The molecule has 0 spiro atoms. The first-order chi connectivity index (χ1) is 13.4. The highest BCUT2D eigenvalue weighted by atomic mass is 32.2. The maximum atomic E-state index is 12.6. The predicted molar refractivity (Wildman–Crippen MR) is 92.5 cm³/mol. The van der Waals surface area contributed by atoms with Crippen molar-refractivity contribution in [3.05, 3.63) is 35.7 Å². The van der Waals surface area contributed by atoms with Gasteiger partial charge in [0.25, 0.3) is 21.8 Å². The zero-order valence-electron chi connectivity index (χ0n) is 15.1. The number of amides is 2. The smallest absolute Gasteiger partial charge is 0.435 e. The van der Waals surface area contributed by atoms with Crippen LogP contribution in [0, 0.1) is 6.92 Å². The SMILES string of the molecule is Cc1cc2c(cc1S(=O)(=O)NC(=O)Cn1ccc(C(F)(F)F)n1)OC(C)C(=O)N2. The van der Waals surface area contributed by atoms with Gasteiger partial charge in [0.15, 0.2) is 11.8 Å². The minimum Gasteiger partial charge on any atom is -0.479 e. The van der Waals surface area contributed by atoms with Gasteiger partial charge in [-0.25, -0.2) is 13.1 Å². The summed E-state index contributed by atoms with van der Waals surface area (Å²) < 4.78 is 70.6. The highest BCUT2D eigenvalue weighted by Crippen LogP contribution is 2.34. The van der Waals surface area contributed by atoms with E-state index in [4.69, 9.17) is 4.74 Å². The van der Waals surface area contributed by atoms with E-state index < -0.39 is 46.4 Å². The van der Waals surface area contributed by atoms with Crippen molar-refractivity contribution in [3.8, 4) is 5.75 Å². The summed E-state index contributed by atoms with van der Waals surface area (Å²) in [5.41, 5.74) is -0.694. The van der Waals surface area contributed by atoms with E-state index in [0.29, 0.717) is 10.7 Å². The average molecular weight is 432 g/mol. The minimum absolute atomic E-state index is 0.109. The summed E-state index contributed by atoms with van der Waals surface area (Å²) in [6.45, 7) is 2.20. The summed E-state index contributed by atoms with van der Waals surface area (Å²) in [6, 6.07) is 3.20. The summed E-state index contributed by atoms with van der Waals surface area (Å²) in [5.74, 6) is -1.36. The van der Waals surface area contributed by atoms with Crippen molar-refractivity contribution in [2.75, 3.05) is 5.32 Å². The molecule has 0 aliphatic carbocycles. The molecule has 2 amide bonds. The van der Waals surface area contributed by atoms with Crippen molar-refractivity contribution in [2.24, 2.45) is 0 Å². The molecule has 1 atom stereocenters. The van der Waals surface area contributed by atoms with Gasteiger partial charge >= 0.3 is 6.18 Å². The Labute approximate surface area is 162 Å². The van der Waals surface area contributed by atoms with Crippen LogP contribution in [0.2, 0.25) is 0 Å². The van der Waals surface area contributed by atoms with Crippen LogP contribution >= 0.6 is 0 Å². The summed E-state index contributed by atoms with van der Waals surface area (Å²) in [6.07, 6.45) is -4.60. The maximum Gasteiger partial charge on any atom is 0.435 e. The average Bonchev–Trinajstić information content (AvgIpc) is 3.04. The molecule has 1 aliphatic rings. The quantitative estimate of drug-likeness (QED) is 0.755. The third kappa shape index (κ3) is 4.34. The van der Waals surface area contributed by atoms with Gasteiger partial charge in [0.05, 0.1) is 10.6 Å². The Bertz CT molecular complexity index is 1090. The van der Waals surface area contributed by atoms with Crippen molar-refractivity contribution < 1.29 is 35.9 Å². The van der Waals surface area contributed by atoms with Crippen LogP contribution in [-0.4, -0.2) is 36.1 Å². The molecule has 29 heavy (non-hydrogen) atoms. The lowest BCUT2D eigenvalue weighted by molar-refractivity contribution is -0.141. The van der Waals surface area contributed by atoms with Gasteiger partial charge in [-0.1, -0.05) is 0 Å². The number of hydrogen-bond acceptors (Lipinski definition) is 6. The van der Waals surface area contributed by atoms with Gasteiger partial charge in [-0.15, -0.1) is 0 Å². The van der Waals surface area contributed by atoms with Gasteiger partial charge in [0, 0.05) is 12.3 Å². The normalized spacial score (nSPS) is 16.6. The number of rotatable bonds is 4. The first kappa shape index (κ1) is 20.6. The van der Waals surface area contributed by atoms with Crippen LogP contribution in [0.5, 0.6) is 5.75 Å². The Morgan fingerprint density at radius 3 is 2.69 bits per heavy atom. The highest BCUT2D eigenvalue weighted by Gasteiger charge is 2.34. The Morgan fingerprint density at radius 2 is 2.07 bits per heavy atom. The number of sulfonamides is 1. The van der Waals surface area contributed by atoms with Gasteiger partial charge in [0.2, 0.25) is 0 Å². The molecular weight excluding hydrogens is 417 g/mol. The molecule has 1 aromatic carbocycles. The van der Waals surface area contributed by atoms with Crippen LogP contribution < -0.4 is 14.8 Å². The molecule has 156 valence electrons. The van der Waals surface area contributed by atoms with Crippen molar-refractivity contribution in [3.63, 3.8) is 0 Å². The van der Waals surface area contributed by atoms with E-state index in [-0.39, 0.29) is 21.9 Å². The fourth-order valence-corrected chi connectivity index (χ4v) is 3.84. The van der Waals surface area contributed by atoms with Gasteiger partial charge in [0.1, 0.15) is 12.3 Å². The number of benzene rings is 1. The zero-order valence-corrected chi connectivity index (χ0v) is 15.9. The lowest BCUT2D eigenvalue weighted by atomic mass is 10.1. The standard InChI is InChI=1S/C16H15F3N4O5S/c1-8-5-10-11(28-9(2)15(25)20-10)6-12(8)29(26,27)22-14(24)7-23-4-3-13(21-23)16(17,18)19/h3-6,9H,7H2,1-2H3,(H,20,25)(H,22,24). The molecule has 3 rings (SSSR count). The Balaban J connectivity index is 1.79. The maximum absolute atomic E-state index is 12.6. The van der Waals surface area contributed by atoms with Crippen LogP contribution in [0.1, 0.15) is 18.2 Å². The predicted octanol–water partition coefficient (Wildman–Crippen LogP) is 1.43. The lowest BCUT2D eigenvalue weighted by Crippen LogP contribution is -2.36. The Kier molecular flexibility index (Phi) is 5.03. The summed E-state index contributed by atoms with van der Waals surface area (Å²) in [5, 5.41) is 5.76. The third-order valence-electron chi connectivity index (χ3n) is 3.98. The summed E-state index contributed by atoms with van der Waals surface area (Å²) in [7, 11) is -4.35. The number of nitrogens with zero attached hydrogens (tertiary/aromatic N) is 2. The van der Waals surface area contributed by atoms with Crippen LogP contribution in [0.4, 0.5) is 18.9 Å². The Hall–Kier alpha value is -3.09. The molecule has 9 nitrogen and oxygen atoms in total. The van der Waals surface area contributed by atoms with E-state index in [9.17, 15) is 31.2 Å². The van der Waals surface area contributed by atoms with Crippen LogP contribution in [0.3, 0.4) is 0 Å². The molecule has 2 aromatic rings. The van der Waals surface area contributed by atoms with Crippen molar-refractivity contribution in [1.82, 2.24) is 14.5 Å². The van der Waals surface area contributed by atoms with E-state index in [1.165, 1.54) is 19.9 Å². The van der Waals surface area contributed by atoms with Crippen molar-refractivity contribution in [2.45, 2.75) is 37.6 Å². The molecule has 0 saturated heterocycles. The molecular formula is C16H15F3N4O5S. The number of alkyl halides is 3. The number of aryl methyl sites for hydroxylation is 1. The largest absolute Gasteiger partial charge is 0.479 e. The highest BCUT2D eigenvalue weighted by molar-refractivity contribution is 7.90. The van der Waals surface area contributed by atoms with E-state index >= 15 is 0 Å². The number of anilines is 1. The fourth-order valence-electron chi connectivity index (χ4n) is 2.62.